The quantitative estimate of drug-likeness (QED) is 0.662. The van der Waals surface area contributed by atoms with E-state index in [1.165, 1.54) is 12.3 Å². The molecule has 3 rings (SSSR count). The van der Waals surface area contributed by atoms with Gasteiger partial charge in [-0.1, -0.05) is 6.07 Å². The number of alkyl halides is 3. The molecule has 2 aromatic carbocycles. The van der Waals surface area contributed by atoms with E-state index in [9.17, 15) is 13.2 Å². The van der Waals surface area contributed by atoms with E-state index < -0.39 is 11.7 Å². The van der Waals surface area contributed by atoms with E-state index in [4.69, 9.17) is 4.74 Å². The lowest BCUT2D eigenvalue weighted by molar-refractivity contribution is -0.137. The van der Waals surface area contributed by atoms with Gasteiger partial charge in [0.1, 0.15) is 5.75 Å². The Morgan fingerprint density at radius 1 is 0.913 bits per heavy atom. The Labute approximate surface area is 130 Å². The third kappa shape index (κ3) is 3.41. The SMILES string of the molecule is Cc1cc(C)cc(Oc2cnc3cc(C(F)(F)F)ccc3n2)c1. The molecule has 0 amide bonds. The van der Waals surface area contributed by atoms with Crippen LogP contribution in [0.1, 0.15) is 16.7 Å². The van der Waals surface area contributed by atoms with Crippen LogP contribution >= 0.6 is 0 Å². The molecule has 0 aliphatic carbocycles. The second-order valence-corrected chi connectivity index (χ2v) is 5.33. The molecule has 0 atom stereocenters. The van der Waals surface area contributed by atoms with Crippen LogP contribution in [0, 0.1) is 13.8 Å². The van der Waals surface area contributed by atoms with Gasteiger partial charge in [-0.3, -0.25) is 0 Å². The number of benzene rings is 2. The van der Waals surface area contributed by atoms with Gasteiger partial charge in [-0.05, 0) is 55.3 Å². The maximum atomic E-state index is 12.7. The van der Waals surface area contributed by atoms with Gasteiger partial charge >= 0.3 is 6.18 Å². The topological polar surface area (TPSA) is 35.0 Å². The van der Waals surface area contributed by atoms with Crippen molar-refractivity contribution in [2.24, 2.45) is 0 Å². The number of halogens is 3. The van der Waals surface area contributed by atoms with Crippen LogP contribution in [-0.2, 0) is 6.18 Å². The van der Waals surface area contributed by atoms with Gasteiger partial charge in [0.15, 0.2) is 0 Å². The first kappa shape index (κ1) is 15.3. The fourth-order valence-corrected chi connectivity index (χ4v) is 2.33. The van der Waals surface area contributed by atoms with Crippen molar-refractivity contribution in [1.29, 1.82) is 0 Å². The maximum absolute atomic E-state index is 12.7. The number of rotatable bonds is 2. The molecule has 0 saturated carbocycles. The average molecular weight is 318 g/mol. The number of ether oxygens (including phenoxy) is 1. The molecule has 118 valence electrons. The van der Waals surface area contributed by atoms with Crippen LogP contribution in [0.5, 0.6) is 11.6 Å². The summed E-state index contributed by atoms with van der Waals surface area (Å²) in [6.45, 7) is 3.90. The Morgan fingerprint density at radius 2 is 1.61 bits per heavy atom. The van der Waals surface area contributed by atoms with Crippen LogP contribution in [0.3, 0.4) is 0 Å². The zero-order chi connectivity index (χ0) is 16.6. The van der Waals surface area contributed by atoms with Crippen LogP contribution in [0.25, 0.3) is 11.0 Å². The molecular formula is C17H13F3N2O. The van der Waals surface area contributed by atoms with Gasteiger partial charge in [0.2, 0.25) is 5.88 Å². The standard InChI is InChI=1S/C17H13F3N2O/c1-10-5-11(2)7-13(6-10)23-16-9-21-15-8-12(17(18,19)20)3-4-14(15)22-16/h3-9H,1-2H3. The van der Waals surface area contributed by atoms with Crippen molar-refractivity contribution in [2.45, 2.75) is 20.0 Å². The highest BCUT2D eigenvalue weighted by molar-refractivity contribution is 5.75. The van der Waals surface area contributed by atoms with Crippen molar-refractivity contribution < 1.29 is 17.9 Å². The van der Waals surface area contributed by atoms with E-state index >= 15 is 0 Å². The maximum Gasteiger partial charge on any atom is 0.416 e. The normalized spacial score (nSPS) is 11.7. The Morgan fingerprint density at radius 3 is 2.26 bits per heavy atom. The fourth-order valence-electron chi connectivity index (χ4n) is 2.33. The summed E-state index contributed by atoms with van der Waals surface area (Å²) in [5, 5.41) is 0. The van der Waals surface area contributed by atoms with E-state index in [0.29, 0.717) is 11.3 Å². The summed E-state index contributed by atoms with van der Waals surface area (Å²) in [5.41, 5.74) is 1.86. The lowest BCUT2D eigenvalue weighted by Crippen LogP contribution is -2.04. The highest BCUT2D eigenvalue weighted by atomic mass is 19.4. The zero-order valence-electron chi connectivity index (χ0n) is 12.5. The Balaban J connectivity index is 1.94. The van der Waals surface area contributed by atoms with Crippen LogP contribution in [-0.4, -0.2) is 9.97 Å². The first-order valence-corrected chi connectivity index (χ1v) is 6.91. The number of nitrogens with zero attached hydrogens (tertiary/aromatic N) is 2. The predicted molar refractivity (Wildman–Crippen MR) is 80.5 cm³/mol. The molecule has 0 saturated heterocycles. The van der Waals surface area contributed by atoms with E-state index in [1.54, 1.807) is 0 Å². The van der Waals surface area contributed by atoms with Crippen molar-refractivity contribution in [1.82, 2.24) is 9.97 Å². The summed E-state index contributed by atoms with van der Waals surface area (Å²) in [4.78, 5) is 8.21. The highest BCUT2D eigenvalue weighted by Gasteiger charge is 2.30. The van der Waals surface area contributed by atoms with Crippen molar-refractivity contribution in [3.8, 4) is 11.6 Å². The van der Waals surface area contributed by atoms with Gasteiger partial charge in [-0.2, -0.15) is 13.2 Å². The van der Waals surface area contributed by atoms with Gasteiger partial charge in [-0.25, -0.2) is 9.97 Å². The fraction of sp³-hybridized carbons (Fsp3) is 0.176. The third-order valence-corrected chi connectivity index (χ3v) is 3.27. The zero-order valence-corrected chi connectivity index (χ0v) is 12.5. The molecule has 0 spiro atoms. The minimum Gasteiger partial charge on any atom is -0.437 e. The van der Waals surface area contributed by atoms with Gasteiger partial charge in [0.05, 0.1) is 22.8 Å². The predicted octanol–water partition coefficient (Wildman–Crippen LogP) is 5.06. The molecule has 0 bridgehead atoms. The first-order valence-electron chi connectivity index (χ1n) is 6.91. The molecule has 3 nitrogen and oxygen atoms in total. The van der Waals surface area contributed by atoms with E-state index in [0.717, 1.165) is 23.3 Å². The molecule has 0 unspecified atom stereocenters. The van der Waals surface area contributed by atoms with E-state index in [-0.39, 0.29) is 11.4 Å². The molecule has 0 aliphatic rings. The van der Waals surface area contributed by atoms with Crippen LogP contribution in [0.15, 0.2) is 42.6 Å². The largest absolute Gasteiger partial charge is 0.437 e. The number of hydrogen-bond acceptors (Lipinski definition) is 3. The minimum absolute atomic E-state index is 0.174. The first-order chi connectivity index (χ1) is 10.8. The number of aryl methyl sites for hydroxylation is 2. The molecular weight excluding hydrogens is 305 g/mol. The Kier molecular flexibility index (Phi) is 3.67. The second kappa shape index (κ2) is 5.53. The molecule has 0 aliphatic heterocycles. The van der Waals surface area contributed by atoms with Crippen LogP contribution < -0.4 is 4.74 Å². The molecule has 6 heteroatoms. The smallest absolute Gasteiger partial charge is 0.416 e. The molecule has 23 heavy (non-hydrogen) atoms. The summed E-state index contributed by atoms with van der Waals surface area (Å²) in [5.74, 6) is 0.852. The molecule has 3 aromatic rings. The summed E-state index contributed by atoms with van der Waals surface area (Å²) >= 11 is 0. The lowest BCUT2D eigenvalue weighted by Gasteiger charge is -2.09. The second-order valence-electron chi connectivity index (χ2n) is 5.33. The average Bonchev–Trinajstić information content (AvgIpc) is 2.44. The summed E-state index contributed by atoms with van der Waals surface area (Å²) in [6.07, 6.45) is -3.08. The monoisotopic (exact) mass is 318 g/mol. The Hall–Kier alpha value is -2.63. The van der Waals surface area contributed by atoms with Crippen molar-refractivity contribution >= 4 is 11.0 Å². The van der Waals surface area contributed by atoms with Gasteiger partial charge in [0.25, 0.3) is 0 Å². The molecule has 1 aromatic heterocycles. The molecule has 0 fully saturated rings. The van der Waals surface area contributed by atoms with Crippen LogP contribution in [0.2, 0.25) is 0 Å². The summed E-state index contributed by atoms with van der Waals surface area (Å²) in [7, 11) is 0. The van der Waals surface area contributed by atoms with E-state index in [1.807, 2.05) is 32.0 Å². The number of fused-ring (bicyclic) bond motifs is 1. The third-order valence-electron chi connectivity index (χ3n) is 3.27. The van der Waals surface area contributed by atoms with E-state index in [2.05, 4.69) is 9.97 Å². The summed E-state index contributed by atoms with van der Waals surface area (Å²) in [6, 6.07) is 8.97. The van der Waals surface area contributed by atoms with Crippen LogP contribution in [0.4, 0.5) is 13.2 Å². The van der Waals surface area contributed by atoms with Crippen molar-refractivity contribution in [3.63, 3.8) is 0 Å². The number of aromatic nitrogens is 2. The Bertz CT molecular complexity index is 855. The molecule has 1 heterocycles. The number of hydrogen-bond donors (Lipinski definition) is 0. The highest BCUT2D eigenvalue weighted by Crippen LogP contribution is 2.31. The van der Waals surface area contributed by atoms with Gasteiger partial charge < -0.3 is 4.74 Å². The summed E-state index contributed by atoms with van der Waals surface area (Å²) < 4.78 is 43.7. The van der Waals surface area contributed by atoms with Gasteiger partial charge in [0, 0.05) is 0 Å². The van der Waals surface area contributed by atoms with Gasteiger partial charge in [-0.15, -0.1) is 0 Å². The molecule has 0 N–H and O–H groups in total. The van der Waals surface area contributed by atoms with Crippen molar-refractivity contribution in [2.75, 3.05) is 0 Å². The van der Waals surface area contributed by atoms with Crippen molar-refractivity contribution in [3.05, 3.63) is 59.3 Å². The molecule has 0 radical (unpaired) electrons. The lowest BCUT2D eigenvalue weighted by atomic mass is 10.1. The minimum atomic E-state index is -4.40.